The second kappa shape index (κ2) is 7.00. The number of esters is 1. The van der Waals surface area contributed by atoms with Crippen molar-refractivity contribution in [3.8, 4) is 0 Å². The number of hydrogen-bond acceptors (Lipinski definition) is 3. The summed E-state index contributed by atoms with van der Waals surface area (Å²) in [7, 11) is 0. The zero-order valence-electron chi connectivity index (χ0n) is 13.6. The first kappa shape index (κ1) is 18.6. The van der Waals surface area contributed by atoms with Crippen LogP contribution in [0.4, 0.5) is 13.2 Å². The number of primary amides is 1. The number of aromatic nitrogens is 1. The van der Waals surface area contributed by atoms with E-state index in [9.17, 15) is 22.8 Å². The van der Waals surface area contributed by atoms with Gasteiger partial charge in [0.2, 0.25) is 6.10 Å². The minimum atomic E-state index is -4.42. The Kier molecular flexibility index (Phi) is 5.20. The number of benzene rings is 1. The number of nitrogens with two attached hydrogens (primary N) is 1. The summed E-state index contributed by atoms with van der Waals surface area (Å²) < 4.78 is 44.1. The highest BCUT2D eigenvalue weighted by Crippen LogP contribution is 2.25. The molecule has 1 aromatic carbocycles. The molecule has 0 saturated carbocycles. The van der Waals surface area contributed by atoms with Crippen molar-refractivity contribution in [1.82, 2.24) is 4.57 Å². The third kappa shape index (κ3) is 4.40. The Hall–Kier alpha value is -2.77. The Morgan fingerprint density at radius 1 is 1.20 bits per heavy atom. The summed E-state index contributed by atoms with van der Waals surface area (Å²) in [5, 5.41) is 0. The number of aryl methyl sites for hydroxylation is 1. The van der Waals surface area contributed by atoms with Crippen LogP contribution in [0.15, 0.2) is 36.4 Å². The minimum absolute atomic E-state index is 0.0380. The van der Waals surface area contributed by atoms with Gasteiger partial charge in [-0.3, -0.25) is 4.79 Å². The van der Waals surface area contributed by atoms with Gasteiger partial charge >= 0.3 is 12.1 Å². The maximum atomic E-state index is 12.7. The molecular formula is C17H17F3N2O3. The molecule has 0 aliphatic carbocycles. The van der Waals surface area contributed by atoms with Crippen LogP contribution in [-0.2, 0) is 16.1 Å². The first-order valence-corrected chi connectivity index (χ1v) is 7.39. The molecule has 0 fully saturated rings. The van der Waals surface area contributed by atoms with Crippen LogP contribution < -0.4 is 5.73 Å². The largest absolute Gasteiger partial charge is 0.444 e. The Bertz CT molecular complexity index is 782. The third-order valence-corrected chi connectivity index (χ3v) is 3.72. The first-order valence-electron chi connectivity index (χ1n) is 7.39. The van der Waals surface area contributed by atoms with E-state index < -0.39 is 30.7 Å². The van der Waals surface area contributed by atoms with E-state index in [1.807, 2.05) is 0 Å². The number of amides is 1. The molecule has 1 amide bonds. The second-order valence-corrected chi connectivity index (χ2v) is 5.58. The molecule has 0 aliphatic rings. The van der Waals surface area contributed by atoms with E-state index in [2.05, 4.69) is 0 Å². The molecule has 0 radical (unpaired) electrons. The van der Waals surface area contributed by atoms with Gasteiger partial charge in [0.25, 0.3) is 5.91 Å². The molecule has 1 aromatic heterocycles. The van der Waals surface area contributed by atoms with E-state index in [4.69, 9.17) is 10.5 Å². The van der Waals surface area contributed by atoms with Crippen molar-refractivity contribution in [2.45, 2.75) is 32.7 Å². The molecule has 8 heteroatoms. The van der Waals surface area contributed by atoms with Crippen molar-refractivity contribution >= 4 is 11.9 Å². The Morgan fingerprint density at radius 3 is 2.32 bits per heavy atom. The summed E-state index contributed by atoms with van der Waals surface area (Å²) in [5.74, 6) is -1.78. The molecule has 2 rings (SSSR count). The number of alkyl halides is 3. The SMILES string of the molecule is Cc1cc(C(=O)O[C@H](C(N)=O)c2ccccc2)c(C)n1CC(F)(F)F. The Morgan fingerprint density at radius 2 is 1.80 bits per heavy atom. The molecule has 0 aliphatic heterocycles. The van der Waals surface area contributed by atoms with Crippen molar-refractivity contribution < 1.29 is 27.5 Å². The van der Waals surface area contributed by atoms with Crippen molar-refractivity contribution in [3.63, 3.8) is 0 Å². The number of rotatable bonds is 5. The molecule has 0 spiro atoms. The average Bonchev–Trinajstić information content (AvgIpc) is 2.79. The lowest BCUT2D eigenvalue weighted by Gasteiger charge is -2.15. The normalized spacial score (nSPS) is 12.7. The van der Waals surface area contributed by atoms with Gasteiger partial charge in [0.1, 0.15) is 6.54 Å². The standard InChI is InChI=1S/C17H17F3N2O3/c1-10-8-13(11(2)22(10)9-17(18,19)20)16(24)25-14(15(21)23)12-6-4-3-5-7-12/h3-8,14H,9H2,1-2H3,(H2,21,23)/t14-/m0/s1. The lowest BCUT2D eigenvalue weighted by atomic mass is 10.1. The summed E-state index contributed by atoms with van der Waals surface area (Å²) in [4.78, 5) is 24.0. The van der Waals surface area contributed by atoms with Gasteiger partial charge in [-0.15, -0.1) is 0 Å². The number of carbonyl (C=O) groups excluding carboxylic acids is 2. The molecule has 2 N–H and O–H groups in total. The van der Waals surface area contributed by atoms with Crippen molar-refractivity contribution in [1.29, 1.82) is 0 Å². The number of halogens is 3. The quantitative estimate of drug-likeness (QED) is 0.839. The molecule has 1 atom stereocenters. The van der Waals surface area contributed by atoms with Gasteiger partial charge < -0.3 is 15.0 Å². The molecule has 134 valence electrons. The summed E-state index contributed by atoms with van der Waals surface area (Å²) in [6.45, 7) is 1.63. The number of hydrogen-bond donors (Lipinski definition) is 1. The van der Waals surface area contributed by atoms with Crippen molar-refractivity contribution in [3.05, 3.63) is 58.9 Å². The zero-order valence-corrected chi connectivity index (χ0v) is 13.6. The van der Waals surface area contributed by atoms with Gasteiger partial charge in [-0.2, -0.15) is 13.2 Å². The highest BCUT2D eigenvalue weighted by Gasteiger charge is 2.31. The first-order chi connectivity index (χ1) is 11.6. The smallest absolute Gasteiger partial charge is 0.406 e. The summed E-state index contributed by atoms with van der Waals surface area (Å²) >= 11 is 0. The van der Waals surface area contributed by atoms with Gasteiger partial charge in [-0.1, -0.05) is 30.3 Å². The maximum Gasteiger partial charge on any atom is 0.406 e. The molecule has 1 heterocycles. The molecule has 5 nitrogen and oxygen atoms in total. The molecule has 25 heavy (non-hydrogen) atoms. The van der Waals surface area contributed by atoms with Crippen LogP contribution >= 0.6 is 0 Å². The van der Waals surface area contributed by atoms with E-state index >= 15 is 0 Å². The lowest BCUT2D eigenvalue weighted by Crippen LogP contribution is -2.26. The molecule has 0 saturated heterocycles. The van der Waals surface area contributed by atoms with E-state index in [-0.39, 0.29) is 17.0 Å². The van der Waals surface area contributed by atoms with Crippen LogP contribution in [0.25, 0.3) is 0 Å². The maximum absolute atomic E-state index is 12.7. The lowest BCUT2D eigenvalue weighted by molar-refractivity contribution is -0.141. The van der Waals surface area contributed by atoms with E-state index in [1.165, 1.54) is 19.9 Å². The molecule has 0 unspecified atom stereocenters. The summed E-state index contributed by atoms with van der Waals surface area (Å²) in [6, 6.07) is 9.44. The number of ether oxygens (including phenoxy) is 1. The Labute approximate surface area is 142 Å². The van der Waals surface area contributed by atoms with Crippen LogP contribution in [-0.4, -0.2) is 22.6 Å². The van der Waals surface area contributed by atoms with Crippen LogP contribution in [0.1, 0.15) is 33.4 Å². The Balaban J connectivity index is 2.28. The number of carbonyl (C=O) groups is 2. The average molecular weight is 354 g/mol. The van der Waals surface area contributed by atoms with E-state index in [0.717, 1.165) is 4.57 Å². The van der Waals surface area contributed by atoms with Crippen LogP contribution in [0.2, 0.25) is 0 Å². The van der Waals surface area contributed by atoms with Gasteiger partial charge in [0.15, 0.2) is 0 Å². The third-order valence-electron chi connectivity index (χ3n) is 3.72. The van der Waals surface area contributed by atoms with Crippen LogP contribution in [0, 0.1) is 13.8 Å². The van der Waals surface area contributed by atoms with Gasteiger partial charge in [-0.05, 0) is 19.9 Å². The fraction of sp³-hybridized carbons (Fsp3) is 0.294. The van der Waals surface area contributed by atoms with Crippen LogP contribution in [0.3, 0.4) is 0 Å². The highest BCUT2D eigenvalue weighted by atomic mass is 19.4. The molecule has 2 aromatic rings. The summed E-state index contributed by atoms with van der Waals surface area (Å²) in [6.07, 6.45) is -5.74. The van der Waals surface area contributed by atoms with Crippen molar-refractivity contribution in [2.75, 3.05) is 0 Å². The zero-order chi connectivity index (χ0) is 18.8. The van der Waals surface area contributed by atoms with Gasteiger partial charge in [0.05, 0.1) is 5.56 Å². The van der Waals surface area contributed by atoms with Gasteiger partial charge in [0, 0.05) is 17.0 Å². The fourth-order valence-electron chi connectivity index (χ4n) is 2.52. The predicted octanol–water partition coefficient (Wildman–Crippen LogP) is 3.05. The number of nitrogens with zero attached hydrogens (tertiary/aromatic N) is 1. The van der Waals surface area contributed by atoms with Crippen molar-refractivity contribution in [2.24, 2.45) is 5.73 Å². The minimum Gasteiger partial charge on any atom is -0.444 e. The topological polar surface area (TPSA) is 74.3 Å². The summed E-state index contributed by atoms with van der Waals surface area (Å²) in [5.41, 5.74) is 5.99. The fourth-order valence-corrected chi connectivity index (χ4v) is 2.52. The van der Waals surface area contributed by atoms with E-state index in [1.54, 1.807) is 30.3 Å². The molecular weight excluding hydrogens is 337 g/mol. The van der Waals surface area contributed by atoms with Gasteiger partial charge in [-0.25, -0.2) is 4.79 Å². The molecule has 0 bridgehead atoms. The predicted molar refractivity (Wildman–Crippen MR) is 83.8 cm³/mol. The monoisotopic (exact) mass is 354 g/mol. The van der Waals surface area contributed by atoms with Crippen LogP contribution in [0.5, 0.6) is 0 Å². The second-order valence-electron chi connectivity index (χ2n) is 5.58. The van der Waals surface area contributed by atoms with E-state index in [0.29, 0.717) is 5.56 Å². The highest BCUT2D eigenvalue weighted by molar-refractivity contribution is 5.93.